The minimum atomic E-state index is 0.501. The summed E-state index contributed by atoms with van der Waals surface area (Å²) in [5, 5.41) is 4.30. The monoisotopic (exact) mass is 283 g/mol. The zero-order valence-electron chi connectivity index (χ0n) is 12.1. The second kappa shape index (κ2) is 10.2. The largest absolute Gasteiger partial charge is 0.381 e. The van der Waals surface area contributed by atoms with Crippen LogP contribution in [0.3, 0.4) is 0 Å². The molecule has 1 aromatic carbocycles. The topological polar surface area (TPSA) is 21.3 Å². The fourth-order valence-corrected chi connectivity index (χ4v) is 2.17. The summed E-state index contributed by atoms with van der Waals surface area (Å²) in [6, 6.07) is 8.19. The maximum absolute atomic E-state index is 5.95. The van der Waals surface area contributed by atoms with Crippen molar-refractivity contribution in [3.8, 4) is 0 Å². The number of nitrogens with one attached hydrogen (secondary N) is 1. The highest BCUT2D eigenvalue weighted by Crippen LogP contribution is 2.21. The van der Waals surface area contributed by atoms with Crippen molar-refractivity contribution in [3.05, 3.63) is 34.9 Å². The van der Waals surface area contributed by atoms with Crippen LogP contribution >= 0.6 is 11.6 Å². The predicted octanol–water partition coefficient (Wildman–Crippen LogP) is 4.24. The van der Waals surface area contributed by atoms with Crippen molar-refractivity contribution in [1.82, 2.24) is 5.32 Å². The van der Waals surface area contributed by atoms with Crippen LogP contribution in [-0.4, -0.2) is 26.3 Å². The van der Waals surface area contributed by atoms with Gasteiger partial charge >= 0.3 is 0 Å². The van der Waals surface area contributed by atoms with E-state index in [2.05, 4.69) is 31.3 Å². The molecule has 0 amide bonds. The lowest BCUT2D eigenvalue weighted by molar-refractivity contribution is 0.127. The first-order valence-corrected chi connectivity index (χ1v) is 7.69. The van der Waals surface area contributed by atoms with Gasteiger partial charge in [0, 0.05) is 24.8 Å². The molecule has 0 saturated carbocycles. The summed E-state index contributed by atoms with van der Waals surface area (Å²) in [4.78, 5) is 0. The lowest BCUT2D eigenvalue weighted by Gasteiger charge is -2.18. The van der Waals surface area contributed by atoms with Crippen molar-refractivity contribution < 1.29 is 4.74 Å². The van der Waals surface area contributed by atoms with Crippen molar-refractivity contribution in [2.75, 3.05) is 26.3 Å². The third kappa shape index (κ3) is 6.95. The van der Waals surface area contributed by atoms with E-state index in [0.717, 1.165) is 44.2 Å². The second-order valence-electron chi connectivity index (χ2n) is 4.85. The molecule has 1 unspecified atom stereocenters. The van der Waals surface area contributed by atoms with Crippen LogP contribution < -0.4 is 5.32 Å². The molecule has 3 heteroatoms. The first-order chi connectivity index (χ1) is 9.27. The van der Waals surface area contributed by atoms with Crippen LogP contribution in [0.4, 0.5) is 0 Å². The Labute approximate surface area is 122 Å². The molecule has 0 aliphatic rings. The minimum Gasteiger partial charge on any atom is -0.381 e. The molecule has 0 aliphatic carbocycles. The molecule has 0 radical (unpaired) electrons. The second-order valence-corrected chi connectivity index (χ2v) is 5.29. The maximum atomic E-state index is 5.95. The van der Waals surface area contributed by atoms with Crippen molar-refractivity contribution >= 4 is 11.6 Å². The van der Waals surface area contributed by atoms with Gasteiger partial charge in [0.1, 0.15) is 0 Å². The molecule has 1 rings (SSSR count). The highest BCUT2D eigenvalue weighted by molar-refractivity contribution is 6.30. The van der Waals surface area contributed by atoms with Crippen molar-refractivity contribution in [1.29, 1.82) is 0 Å². The molecule has 108 valence electrons. The van der Waals surface area contributed by atoms with E-state index in [0.29, 0.717) is 5.92 Å². The highest BCUT2D eigenvalue weighted by atomic mass is 35.5. The maximum Gasteiger partial charge on any atom is 0.0472 e. The third-order valence-corrected chi connectivity index (χ3v) is 3.37. The molecule has 1 aromatic rings. The SMILES string of the molecule is CCCNCC(CCOCCC)c1ccc(Cl)cc1. The molecule has 2 nitrogen and oxygen atoms in total. The number of hydrogen-bond acceptors (Lipinski definition) is 2. The molecule has 1 atom stereocenters. The zero-order chi connectivity index (χ0) is 13.9. The number of halogens is 1. The van der Waals surface area contributed by atoms with Crippen LogP contribution in [-0.2, 0) is 4.74 Å². The Morgan fingerprint density at radius 2 is 1.84 bits per heavy atom. The van der Waals surface area contributed by atoms with Gasteiger partial charge in [-0.25, -0.2) is 0 Å². The molecule has 19 heavy (non-hydrogen) atoms. The Bertz CT molecular complexity index is 326. The molecule has 0 saturated heterocycles. The molecule has 0 aromatic heterocycles. The zero-order valence-corrected chi connectivity index (χ0v) is 12.9. The quantitative estimate of drug-likeness (QED) is 0.649. The van der Waals surface area contributed by atoms with E-state index in [1.807, 2.05) is 12.1 Å². The van der Waals surface area contributed by atoms with Gasteiger partial charge < -0.3 is 10.1 Å². The van der Waals surface area contributed by atoms with Crippen molar-refractivity contribution in [2.24, 2.45) is 0 Å². The Balaban J connectivity index is 2.49. The molecular formula is C16H26ClNO. The molecule has 1 N–H and O–H groups in total. The van der Waals surface area contributed by atoms with Crippen LogP contribution in [0.25, 0.3) is 0 Å². The summed E-state index contributed by atoms with van der Waals surface area (Å²) in [6.07, 6.45) is 3.30. The Morgan fingerprint density at radius 3 is 2.47 bits per heavy atom. The number of hydrogen-bond donors (Lipinski definition) is 1. The molecule has 0 fully saturated rings. The van der Waals surface area contributed by atoms with E-state index in [9.17, 15) is 0 Å². The summed E-state index contributed by atoms with van der Waals surface area (Å²) < 4.78 is 5.61. The van der Waals surface area contributed by atoms with E-state index in [1.165, 1.54) is 12.0 Å². The van der Waals surface area contributed by atoms with E-state index >= 15 is 0 Å². The summed E-state index contributed by atoms with van der Waals surface area (Å²) in [6.45, 7) is 8.09. The van der Waals surface area contributed by atoms with Gasteiger partial charge in [-0.1, -0.05) is 37.6 Å². The van der Waals surface area contributed by atoms with Gasteiger partial charge in [0.25, 0.3) is 0 Å². The molecule has 0 bridgehead atoms. The lowest BCUT2D eigenvalue weighted by Crippen LogP contribution is -2.23. The number of benzene rings is 1. The number of rotatable bonds is 10. The Morgan fingerprint density at radius 1 is 1.11 bits per heavy atom. The lowest BCUT2D eigenvalue weighted by atomic mass is 9.96. The van der Waals surface area contributed by atoms with Crippen LogP contribution in [0.15, 0.2) is 24.3 Å². The summed E-state index contributed by atoms with van der Waals surface area (Å²) in [5.74, 6) is 0.501. The van der Waals surface area contributed by atoms with E-state index < -0.39 is 0 Å². The highest BCUT2D eigenvalue weighted by Gasteiger charge is 2.11. The number of ether oxygens (including phenoxy) is 1. The van der Waals surface area contributed by atoms with Crippen LogP contribution in [0, 0.1) is 0 Å². The van der Waals surface area contributed by atoms with Gasteiger partial charge in [0.2, 0.25) is 0 Å². The van der Waals surface area contributed by atoms with E-state index in [4.69, 9.17) is 16.3 Å². The van der Waals surface area contributed by atoms with Crippen LogP contribution in [0.2, 0.25) is 5.02 Å². The molecule has 0 spiro atoms. The van der Waals surface area contributed by atoms with Crippen molar-refractivity contribution in [2.45, 2.75) is 39.0 Å². The van der Waals surface area contributed by atoms with Gasteiger partial charge in [0.15, 0.2) is 0 Å². The first kappa shape index (κ1) is 16.5. The van der Waals surface area contributed by atoms with Crippen LogP contribution in [0.5, 0.6) is 0 Å². The summed E-state index contributed by atoms with van der Waals surface area (Å²) in [5.41, 5.74) is 1.34. The molecular weight excluding hydrogens is 258 g/mol. The Kier molecular flexibility index (Phi) is 8.89. The average molecular weight is 284 g/mol. The summed E-state index contributed by atoms with van der Waals surface area (Å²) in [7, 11) is 0. The van der Waals surface area contributed by atoms with Gasteiger partial charge in [-0.15, -0.1) is 0 Å². The summed E-state index contributed by atoms with van der Waals surface area (Å²) >= 11 is 5.95. The van der Waals surface area contributed by atoms with Crippen LogP contribution in [0.1, 0.15) is 44.6 Å². The molecule has 0 aliphatic heterocycles. The van der Waals surface area contributed by atoms with E-state index in [-0.39, 0.29) is 0 Å². The third-order valence-electron chi connectivity index (χ3n) is 3.12. The molecule has 0 heterocycles. The van der Waals surface area contributed by atoms with E-state index in [1.54, 1.807) is 0 Å². The first-order valence-electron chi connectivity index (χ1n) is 7.31. The fraction of sp³-hybridized carbons (Fsp3) is 0.625. The Hall–Kier alpha value is -0.570. The van der Waals surface area contributed by atoms with Gasteiger partial charge in [-0.2, -0.15) is 0 Å². The fourth-order valence-electron chi connectivity index (χ4n) is 2.05. The minimum absolute atomic E-state index is 0.501. The van der Waals surface area contributed by atoms with Gasteiger partial charge in [0.05, 0.1) is 0 Å². The standard InChI is InChI=1S/C16H26ClNO/c1-3-10-18-13-15(9-12-19-11-4-2)14-5-7-16(17)8-6-14/h5-8,15,18H,3-4,9-13H2,1-2H3. The average Bonchev–Trinajstić information content (AvgIpc) is 2.43. The normalized spacial score (nSPS) is 12.6. The van der Waals surface area contributed by atoms with Gasteiger partial charge in [-0.05, 0) is 49.4 Å². The van der Waals surface area contributed by atoms with Gasteiger partial charge in [-0.3, -0.25) is 0 Å². The predicted molar refractivity (Wildman–Crippen MR) is 83.1 cm³/mol. The van der Waals surface area contributed by atoms with Crippen molar-refractivity contribution in [3.63, 3.8) is 0 Å². The smallest absolute Gasteiger partial charge is 0.0472 e.